The average Bonchev–Trinajstić information content (AvgIpc) is 2.58. The summed E-state index contributed by atoms with van der Waals surface area (Å²) in [6, 6.07) is -0.271. The van der Waals surface area contributed by atoms with E-state index in [2.05, 4.69) is 46.1 Å². The first kappa shape index (κ1) is 31.1. The van der Waals surface area contributed by atoms with Gasteiger partial charge < -0.3 is 24.0 Å². The molecule has 2 N–H and O–H groups in total. The first-order valence-corrected chi connectivity index (χ1v) is 16.0. The molecular formula is C23H49NO6Si2. The zero-order valence-corrected chi connectivity index (χ0v) is 25.1. The van der Waals surface area contributed by atoms with Gasteiger partial charge >= 0.3 is 12.1 Å². The van der Waals surface area contributed by atoms with Crippen LogP contribution in [0, 0.1) is 29.1 Å². The average molecular weight is 492 g/mol. The molecule has 0 spiro atoms. The molecule has 0 aliphatic carbocycles. The van der Waals surface area contributed by atoms with Crippen LogP contribution < -0.4 is 5.32 Å². The smallest absolute Gasteiger partial charge is 0.407 e. The summed E-state index contributed by atoms with van der Waals surface area (Å²) >= 11 is 0. The number of amides is 1. The van der Waals surface area contributed by atoms with Crippen LogP contribution in [0.25, 0.3) is 0 Å². The largest absolute Gasteiger partial charge is 0.481 e. The number of nitrogens with one attached hydrogen (secondary N) is 1. The van der Waals surface area contributed by atoms with Crippen molar-refractivity contribution in [3.8, 4) is 0 Å². The molecule has 0 rings (SSSR count). The Balaban J connectivity index is 6.32. The minimum absolute atomic E-state index is 0.0339. The summed E-state index contributed by atoms with van der Waals surface area (Å²) in [5, 5.41) is 13.0. The molecule has 0 aliphatic heterocycles. The second-order valence-corrected chi connectivity index (χ2v) is 12.8. The number of hydrogen-bond donors (Lipinski definition) is 2. The van der Waals surface area contributed by atoms with Crippen LogP contribution in [0.15, 0.2) is 0 Å². The lowest BCUT2D eigenvalue weighted by molar-refractivity contribution is -0.148. The molecule has 0 unspecified atom stereocenters. The van der Waals surface area contributed by atoms with Crippen LogP contribution >= 0.6 is 0 Å². The molecular weight excluding hydrogens is 442 g/mol. The lowest BCUT2D eigenvalue weighted by Crippen LogP contribution is -2.53. The topological polar surface area (TPSA) is 94.1 Å². The van der Waals surface area contributed by atoms with Crippen LogP contribution in [0.1, 0.15) is 75.2 Å². The maximum absolute atomic E-state index is 12.8. The Hall–Kier alpha value is -0.906. The van der Waals surface area contributed by atoms with Crippen LogP contribution in [0.5, 0.6) is 0 Å². The van der Waals surface area contributed by atoms with Crippen LogP contribution in [0.3, 0.4) is 0 Å². The Morgan fingerprint density at radius 3 is 1.78 bits per heavy atom. The highest BCUT2D eigenvalue weighted by Crippen LogP contribution is 2.42. The van der Waals surface area contributed by atoms with Crippen molar-refractivity contribution in [3.63, 3.8) is 0 Å². The summed E-state index contributed by atoms with van der Waals surface area (Å²) in [4.78, 5) is 24.9. The van der Waals surface area contributed by atoms with E-state index in [0.717, 1.165) is 0 Å². The molecule has 1 amide bonds. The Bertz CT molecular complexity index is 571. The fourth-order valence-corrected chi connectivity index (χ4v) is 6.01. The zero-order chi connectivity index (χ0) is 25.3. The van der Waals surface area contributed by atoms with E-state index in [1.165, 1.54) is 0 Å². The second-order valence-electron chi connectivity index (χ2n) is 11.0. The van der Waals surface area contributed by atoms with E-state index in [4.69, 9.17) is 13.6 Å². The molecule has 0 saturated heterocycles. The lowest BCUT2D eigenvalue weighted by atomic mass is 9.67. The van der Waals surface area contributed by atoms with Gasteiger partial charge in [-0.2, -0.15) is 0 Å². The standard InChI is InChI=1S/C23H49NO6Si2/c1-14(2)12-18(24-21(27)28-22(5,6)7)17(13-16(15(3)4)19(25)26)23(8,9)20(29-31-10)30-32-11/h14-18,20H,12-13,31-32H2,1-11H3,(H,24,27)(H,25,26)/t16-,17-,18-/m0/s1. The number of hydrogen-bond acceptors (Lipinski definition) is 5. The normalized spacial score (nSPS) is 17.3. The number of carbonyl (C=O) groups excluding carboxylic acids is 1. The van der Waals surface area contributed by atoms with E-state index in [0.29, 0.717) is 18.8 Å². The SMILES string of the molecule is C[SiH2]OC(O[SiH2]C)C(C)(C)[C@@H](C[C@H](C(=O)O)C(C)C)[C@H](CC(C)C)NC(=O)OC(C)(C)C. The Morgan fingerprint density at radius 1 is 0.938 bits per heavy atom. The summed E-state index contributed by atoms with van der Waals surface area (Å²) in [5.41, 5.74) is -1.11. The maximum atomic E-state index is 12.8. The van der Waals surface area contributed by atoms with Crippen molar-refractivity contribution in [1.29, 1.82) is 0 Å². The van der Waals surface area contributed by atoms with Gasteiger partial charge in [-0.05, 0) is 51.4 Å². The van der Waals surface area contributed by atoms with Crippen molar-refractivity contribution in [2.75, 3.05) is 0 Å². The quantitative estimate of drug-likeness (QED) is 0.282. The fraction of sp³-hybridized carbons (Fsp3) is 0.913. The molecule has 0 saturated carbocycles. The van der Waals surface area contributed by atoms with Gasteiger partial charge in [0.2, 0.25) is 0 Å². The van der Waals surface area contributed by atoms with Gasteiger partial charge in [0.1, 0.15) is 11.9 Å². The Labute approximate surface area is 200 Å². The van der Waals surface area contributed by atoms with Gasteiger partial charge in [0.15, 0.2) is 19.5 Å². The van der Waals surface area contributed by atoms with Crippen molar-refractivity contribution >= 4 is 31.6 Å². The minimum atomic E-state index is -0.811. The Morgan fingerprint density at radius 2 is 1.44 bits per heavy atom. The summed E-state index contributed by atoms with van der Waals surface area (Å²) in [5.74, 6) is -1.25. The molecule has 0 aromatic carbocycles. The lowest BCUT2D eigenvalue weighted by Gasteiger charge is -2.46. The number of carboxylic acid groups (broad SMARTS) is 1. The van der Waals surface area contributed by atoms with Crippen molar-refractivity contribution in [1.82, 2.24) is 5.32 Å². The molecule has 0 heterocycles. The first-order chi connectivity index (χ1) is 14.6. The van der Waals surface area contributed by atoms with Crippen LogP contribution in [0.4, 0.5) is 4.79 Å². The zero-order valence-electron chi connectivity index (χ0n) is 22.3. The summed E-state index contributed by atoms with van der Waals surface area (Å²) < 4.78 is 17.8. The van der Waals surface area contributed by atoms with E-state index >= 15 is 0 Å². The van der Waals surface area contributed by atoms with Gasteiger partial charge in [-0.3, -0.25) is 4.79 Å². The number of rotatable bonds is 14. The van der Waals surface area contributed by atoms with Gasteiger partial charge in [-0.15, -0.1) is 0 Å². The van der Waals surface area contributed by atoms with E-state index < -0.39 is 54.8 Å². The van der Waals surface area contributed by atoms with Crippen molar-refractivity contribution in [3.05, 3.63) is 0 Å². The highest BCUT2D eigenvalue weighted by molar-refractivity contribution is 6.26. The molecule has 9 heteroatoms. The summed E-state index contributed by atoms with van der Waals surface area (Å²) in [6.45, 7) is 21.9. The minimum Gasteiger partial charge on any atom is -0.481 e. The fourth-order valence-electron chi connectivity index (χ4n) is 4.16. The molecule has 190 valence electrons. The highest BCUT2D eigenvalue weighted by Gasteiger charge is 2.45. The second kappa shape index (κ2) is 13.7. The molecule has 0 fully saturated rings. The van der Waals surface area contributed by atoms with Gasteiger partial charge in [0.25, 0.3) is 0 Å². The number of ether oxygens (including phenoxy) is 1. The third kappa shape index (κ3) is 10.8. The number of carbonyl (C=O) groups is 2. The highest BCUT2D eigenvalue weighted by atomic mass is 28.2. The predicted octanol–water partition coefficient (Wildman–Crippen LogP) is 3.94. The summed E-state index contributed by atoms with van der Waals surface area (Å²) in [6.07, 6.45) is 0.246. The number of aliphatic carboxylic acids is 1. The molecule has 0 aliphatic rings. The van der Waals surface area contributed by atoms with Crippen molar-refractivity contribution in [2.24, 2.45) is 29.1 Å². The van der Waals surface area contributed by atoms with Crippen LogP contribution in [0.2, 0.25) is 13.1 Å². The predicted molar refractivity (Wildman–Crippen MR) is 135 cm³/mol. The molecule has 32 heavy (non-hydrogen) atoms. The molecule has 7 nitrogen and oxygen atoms in total. The van der Waals surface area contributed by atoms with Gasteiger partial charge in [-0.1, -0.05) is 54.6 Å². The van der Waals surface area contributed by atoms with Gasteiger partial charge in [0, 0.05) is 11.5 Å². The van der Waals surface area contributed by atoms with E-state index in [-0.39, 0.29) is 17.9 Å². The number of alkyl carbamates (subject to hydrolysis) is 1. The van der Waals surface area contributed by atoms with Gasteiger partial charge in [-0.25, -0.2) is 4.79 Å². The first-order valence-electron chi connectivity index (χ1n) is 12.0. The molecule has 0 radical (unpaired) electrons. The van der Waals surface area contributed by atoms with E-state index in [1.807, 2.05) is 34.6 Å². The summed E-state index contributed by atoms with van der Waals surface area (Å²) in [7, 11) is -1.49. The molecule has 0 bridgehead atoms. The molecule has 0 aromatic heterocycles. The Kier molecular flexibility index (Phi) is 13.3. The third-order valence-corrected chi connectivity index (χ3v) is 7.01. The van der Waals surface area contributed by atoms with E-state index in [1.54, 1.807) is 0 Å². The van der Waals surface area contributed by atoms with Gasteiger partial charge in [0.05, 0.1) is 5.92 Å². The van der Waals surface area contributed by atoms with Crippen LogP contribution in [-0.2, 0) is 18.4 Å². The third-order valence-electron chi connectivity index (χ3n) is 5.74. The van der Waals surface area contributed by atoms with E-state index in [9.17, 15) is 14.7 Å². The van der Waals surface area contributed by atoms with Crippen molar-refractivity contribution < 1.29 is 28.3 Å². The molecule has 0 aromatic rings. The maximum Gasteiger partial charge on any atom is 0.407 e. The monoisotopic (exact) mass is 491 g/mol. The number of carboxylic acids is 1. The van der Waals surface area contributed by atoms with Crippen LogP contribution in [-0.4, -0.2) is 54.6 Å². The molecule has 3 atom stereocenters. The van der Waals surface area contributed by atoms with Crippen molar-refractivity contribution in [2.45, 2.75) is 106 Å².